The predicted octanol–water partition coefficient (Wildman–Crippen LogP) is 4.79. The fourth-order valence-corrected chi connectivity index (χ4v) is 4.64. The smallest absolute Gasteiger partial charge is 0.271 e. The lowest BCUT2D eigenvalue weighted by molar-refractivity contribution is -0.384. The number of aromatic nitrogens is 1. The van der Waals surface area contributed by atoms with E-state index < -0.39 is 4.92 Å². The second-order valence-corrected chi connectivity index (χ2v) is 8.70. The standard InChI is InChI=1S/C28H26N4O5/c1-36-26-11-10-19(16-27(26)37-2)25-18-23(22-8-3-4-9-24(22)29-25)28(33)31-14-12-30(13-15-31)20-6-5-7-21(17-20)32(34)35/h3-11,16-18H,12-15H2,1-2H3. The Bertz CT molecular complexity index is 1480. The maximum Gasteiger partial charge on any atom is 0.271 e. The predicted molar refractivity (Wildman–Crippen MR) is 141 cm³/mol. The molecule has 0 saturated carbocycles. The summed E-state index contributed by atoms with van der Waals surface area (Å²) in [5, 5.41) is 11.9. The van der Waals surface area contributed by atoms with Gasteiger partial charge in [0, 0.05) is 54.9 Å². The molecule has 188 valence electrons. The number of piperazine rings is 1. The Hall–Kier alpha value is -4.66. The number of benzene rings is 3. The van der Waals surface area contributed by atoms with E-state index in [-0.39, 0.29) is 11.6 Å². The zero-order valence-corrected chi connectivity index (χ0v) is 20.6. The van der Waals surface area contributed by atoms with E-state index in [1.165, 1.54) is 6.07 Å². The van der Waals surface area contributed by atoms with Crippen molar-refractivity contribution in [1.29, 1.82) is 0 Å². The number of hydrogen-bond donors (Lipinski definition) is 0. The van der Waals surface area contributed by atoms with Gasteiger partial charge in [-0.2, -0.15) is 0 Å². The van der Waals surface area contributed by atoms with E-state index in [0.29, 0.717) is 48.9 Å². The maximum absolute atomic E-state index is 13.8. The van der Waals surface area contributed by atoms with Gasteiger partial charge in [-0.15, -0.1) is 0 Å². The fraction of sp³-hybridized carbons (Fsp3) is 0.214. The summed E-state index contributed by atoms with van der Waals surface area (Å²) in [6, 6.07) is 21.6. The van der Waals surface area contributed by atoms with Crippen LogP contribution in [-0.4, -0.2) is 61.1 Å². The van der Waals surface area contributed by atoms with Crippen LogP contribution in [0.5, 0.6) is 11.5 Å². The Morgan fingerprint density at radius 2 is 1.65 bits per heavy atom. The summed E-state index contributed by atoms with van der Waals surface area (Å²) in [6.07, 6.45) is 0. The van der Waals surface area contributed by atoms with Gasteiger partial charge in [-0.3, -0.25) is 14.9 Å². The van der Waals surface area contributed by atoms with E-state index in [9.17, 15) is 14.9 Å². The number of amides is 1. The topological polar surface area (TPSA) is 98.0 Å². The summed E-state index contributed by atoms with van der Waals surface area (Å²) >= 11 is 0. The molecule has 9 heteroatoms. The average molecular weight is 499 g/mol. The number of anilines is 1. The Morgan fingerprint density at radius 1 is 0.892 bits per heavy atom. The van der Waals surface area contributed by atoms with Gasteiger partial charge in [0.15, 0.2) is 11.5 Å². The largest absolute Gasteiger partial charge is 0.493 e. The molecule has 1 aliphatic rings. The maximum atomic E-state index is 13.8. The molecule has 1 amide bonds. The van der Waals surface area contributed by atoms with E-state index in [2.05, 4.69) is 4.90 Å². The van der Waals surface area contributed by atoms with Crippen LogP contribution in [0.4, 0.5) is 11.4 Å². The van der Waals surface area contributed by atoms with Gasteiger partial charge in [0.25, 0.3) is 11.6 Å². The number of methoxy groups -OCH3 is 2. The number of hydrogen-bond acceptors (Lipinski definition) is 7. The third kappa shape index (κ3) is 4.75. The van der Waals surface area contributed by atoms with Crippen LogP contribution in [0.2, 0.25) is 0 Å². The van der Waals surface area contributed by atoms with E-state index in [1.54, 1.807) is 26.4 Å². The molecule has 0 bridgehead atoms. The van der Waals surface area contributed by atoms with E-state index >= 15 is 0 Å². The molecule has 0 N–H and O–H groups in total. The zero-order valence-electron chi connectivity index (χ0n) is 20.6. The number of ether oxygens (including phenoxy) is 2. The molecule has 4 aromatic rings. The first kappa shape index (κ1) is 24.1. The molecular weight excluding hydrogens is 472 g/mol. The van der Waals surface area contributed by atoms with Crippen molar-refractivity contribution in [2.24, 2.45) is 0 Å². The second-order valence-electron chi connectivity index (χ2n) is 8.70. The lowest BCUT2D eigenvalue weighted by Crippen LogP contribution is -2.48. The van der Waals surface area contributed by atoms with Gasteiger partial charge < -0.3 is 19.3 Å². The minimum absolute atomic E-state index is 0.0574. The monoisotopic (exact) mass is 498 g/mol. The first-order valence-electron chi connectivity index (χ1n) is 11.9. The number of para-hydroxylation sites is 1. The number of fused-ring (bicyclic) bond motifs is 1. The zero-order chi connectivity index (χ0) is 25.9. The van der Waals surface area contributed by atoms with Crippen LogP contribution in [-0.2, 0) is 0 Å². The lowest BCUT2D eigenvalue weighted by Gasteiger charge is -2.36. The highest BCUT2D eigenvalue weighted by molar-refractivity contribution is 6.07. The molecule has 1 aliphatic heterocycles. The highest BCUT2D eigenvalue weighted by Gasteiger charge is 2.25. The summed E-state index contributed by atoms with van der Waals surface area (Å²) in [4.78, 5) is 33.2. The third-order valence-corrected chi connectivity index (χ3v) is 6.60. The number of nitro groups is 1. The lowest BCUT2D eigenvalue weighted by atomic mass is 10.0. The highest BCUT2D eigenvalue weighted by Crippen LogP contribution is 2.33. The van der Waals surface area contributed by atoms with E-state index in [4.69, 9.17) is 14.5 Å². The number of rotatable bonds is 6. The second kappa shape index (κ2) is 10.1. The number of nitrogens with zero attached hydrogens (tertiary/aromatic N) is 4. The van der Waals surface area contributed by atoms with Crippen LogP contribution in [0.3, 0.4) is 0 Å². The van der Waals surface area contributed by atoms with Gasteiger partial charge in [-0.25, -0.2) is 4.98 Å². The van der Waals surface area contributed by atoms with Crippen molar-refractivity contribution >= 4 is 28.2 Å². The quantitative estimate of drug-likeness (QED) is 0.278. The van der Waals surface area contributed by atoms with Crippen molar-refractivity contribution in [2.75, 3.05) is 45.3 Å². The molecule has 1 aromatic heterocycles. The molecular formula is C28H26N4O5. The summed E-state index contributed by atoms with van der Waals surface area (Å²) in [5.41, 5.74) is 3.63. The van der Waals surface area contributed by atoms with Gasteiger partial charge in [0.2, 0.25) is 0 Å². The molecule has 0 unspecified atom stereocenters. The van der Waals surface area contributed by atoms with Gasteiger partial charge in [0.1, 0.15) is 0 Å². The summed E-state index contributed by atoms with van der Waals surface area (Å²) in [5.74, 6) is 1.13. The average Bonchev–Trinajstić information content (AvgIpc) is 2.96. The van der Waals surface area contributed by atoms with Crippen molar-refractivity contribution < 1.29 is 19.2 Å². The molecule has 37 heavy (non-hydrogen) atoms. The third-order valence-electron chi connectivity index (χ3n) is 6.60. The van der Waals surface area contributed by atoms with E-state index in [1.807, 2.05) is 59.5 Å². The Balaban J connectivity index is 1.43. The molecule has 0 aliphatic carbocycles. The van der Waals surface area contributed by atoms with Crippen molar-refractivity contribution in [3.63, 3.8) is 0 Å². The molecule has 2 heterocycles. The Kier molecular flexibility index (Phi) is 6.59. The van der Waals surface area contributed by atoms with Crippen LogP contribution >= 0.6 is 0 Å². The van der Waals surface area contributed by atoms with Gasteiger partial charge in [-0.1, -0.05) is 24.3 Å². The molecule has 0 spiro atoms. The minimum Gasteiger partial charge on any atom is -0.493 e. The van der Waals surface area contributed by atoms with Crippen molar-refractivity contribution in [3.8, 4) is 22.8 Å². The number of carbonyl (C=O) groups excluding carboxylic acids is 1. The minimum atomic E-state index is -0.395. The normalized spacial score (nSPS) is 13.5. The van der Waals surface area contributed by atoms with Crippen LogP contribution in [0.1, 0.15) is 10.4 Å². The van der Waals surface area contributed by atoms with Gasteiger partial charge in [0.05, 0.1) is 35.9 Å². The molecule has 0 radical (unpaired) electrons. The van der Waals surface area contributed by atoms with Crippen molar-refractivity contribution in [3.05, 3.63) is 88.5 Å². The molecule has 0 atom stereocenters. The first-order valence-corrected chi connectivity index (χ1v) is 11.9. The molecule has 3 aromatic carbocycles. The first-order chi connectivity index (χ1) is 18.0. The molecule has 5 rings (SSSR count). The summed E-state index contributed by atoms with van der Waals surface area (Å²) in [6.45, 7) is 2.17. The molecule has 1 saturated heterocycles. The van der Waals surface area contributed by atoms with Gasteiger partial charge in [-0.05, 0) is 36.4 Å². The number of carbonyl (C=O) groups is 1. The summed E-state index contributed by atoms with van der Waals surface area (Å²) in [7, 11) is 3.17. The highest BCUT2D eigenvalue weighted by atomic mass is 16.6. The Morgan fingerprint density at radius 3 is 2.38 bits per heavy atom. The van der Waals surface area contributed by atoms with Crippen LogP contribution in [0.25, 0.3) is 22.2 Å². The van der Waals surface area contributed by atoms with Crippen LogP contribution in [0.15, 0.2) is 72.8 Å². The number of pyridine rings is 1. The molecule has 1 fully saturated rings. The SMILES string of the molecule is COc1ccc(-c2cc(C(=O)N3CCN(c4cccc([N+](=O)[O-])c4)CC3)c3ccccc3n2)cc1OC. The Labute approximate surface area is 214 Å². The van der Waals surface area contributed by atoms with Gasteiger partial charge >= 0.3 is 0 Å². The van der Waals surface area contributed by atoms with Crippen molar-refractivity contribution in [2.45, 2.75) is 0 Å². The summed E-state index contributed by atoms with van der Waals surface area (Å²) < 4.78 is 10.8. The number of non-ortho nitro benzene ring substituents is 1. The van der Waals surface area contributed by atoms with E-state index in [0.717, 1.165) is 22.2 Å². The number of nitro benzene ring substituents is 1. The van der Waals surface area contributed by atoms with Crippen LogP contribution < -0.4 is 14.4 Å². The van der Waals surface area contributed by atoms with Crippen molar-refractivity contribution in [1.82, 2.24) is 9.88 Å². The molecule has 9 nitrogen and oxygen atoms in total. The fourth-order valence-electron chi connectivity index (χ4n) is 4.64. The van der Waals surface area contributed by atoms with Crippen LogP contribution in [0, 0.1) is 10.1 Å².